The van der Waals surface area contributed by atoms with Gasteiger partial charge in [0.25, 0.3) is 0 Å². The van der Waals surface area contributed by atoms with Crippen molar-refractivity contribution in [2.75, 3.05) is 0 Å². The van der Waals surface area contributed by atoms with Crippen molar-refractivity contribution in [3.63, 3.8) is 0 Å². The van der Waals surface area contributed by atoms with Gasteiger partial charge in [0.2, 0.25) is 0 Å². The van der Waals surface area contributed by atoms with Gasteiger partial charge in [-0.25, -0.2) is 14.3 Å². The summed E-state index contributed by atoms with van der Waals surface area (Å²) in [5.41, 5.74) is 4.56. The number of carbonyl (C=O) groups is 1. The van der Waals surface area contributed by atoms with Crippen molar-refractivity contribution < 1.29 is 9.53 Å². The molecule has 1 aliphatic carbocycles. The van der Waals surface area contributed by atoms with Crippen molar-refractivity contribution in [2.45, 2.75) is 51.2 Å². The molecule has 0 aliphatic heterocycles. The molecule has 2 aromatic heterocycles. The van der Waals surface area contributed by atoms with Crippen LogP contribution in [-0.4, -0.2) is 26.3 Å². The standard InChI is InChI=1S/C27H27ClN4O2/c1-26(2,3)34-25(33)30-27(16-7-17-27)20-12-10-18(11-13-20)23-24(19-8-5-4-6-9-19)32-22(29-23)15-14-21(28)31-32/h4-6,8-15H,7,16-17H2,1-3H3,(H,30,33). The number of rotatable bonds is 4. The zero-order chi connectivity index (χ0) is 23.9. The fourth-order valence-electron chi connectivity index (χ4n) is 4.43. The molecule has 1 fully saturated rings. The Bertz CT molecular complexity index is 1340. The molecule has 1 saturated carbocycles. The molecule has 0 saturated heterocycles. The van der Waals surface area contributed by atoms with E-state index >= 15 is 0 Å². The van der Waals surface area contributed by atoms with Crippen molar-refractivity contribution in [1.82, 2.24) is 19.9 Å². The predicted molar refractivity (Wildman–Crippen MR) is 134 cm³/mol. The Kier molecular flexibility index (Phi) is 5.56. The van der Waals surface area contributed by atoms with Gasteiger partial charge >= 0.3 is 6.09 Å². The number of aromatic nitrogens is 3. The minimum Gasteiger partial charge on any atom is -0.444 e. The number of amides is 1. The topological polar surface area (TPSA) is 68.5 Å². The van der Waals surface area contributed by atoms with E-state index in [9.17, 15) is 4.79 Å². The molecular weight excluding hydrogens is 448 g/mol. The quantitative estimate of drug-likeness (QED) is 0.361. The van der Waals surface area contributed by atoms with Gasteiger partial charge in [-0.2, -0.15) is 5.10 Å². The molecular formula is C27H27ClN4O2. The number of imidazole rings is 1. The molecule has 174 valence electrons. The number of halogens is 1. The Morgan fingerprint density at radius 2 is 1.71 bits per heavy atom. The highest BCUT2D eigenvalue weighted by molar-refractivity contribution is 6.29. The predicted octanol–water partition coefficient (Wildman–Crippen LogP) is 6.62. The zero-order valence-corrected chi connectivity index (χ0v) is 20.3. The Morgan fingerprint density at radius 1 is 1.00 bits per heavy atom. The lowest BCUT2D eigenvalue weighted by molar-refractivity contribution is 0.0377. The van der Waals surface area contributed by atoms with E-state index in [0.717, 1.165) is 53.0 Å². The van der Waals surface area contributed by atoms with E-state index in [1.807, 2.05) is 57.2 Å². The molecule has 6 nitrogen and oxygen atoms in total. The van der Waals surface area contributed by atoms with Gasteiger partial charge < -0.3 is 10.1 Å². The number of nitrogens with zero attached hydrogens (tertiary/aromatic N) is 3. The molecule has 2 aromatic carbocycles. The lowest BCUT2D eigenvalue weighted by Crippen LogP contribution is -2.52. The van der Waals surface area contributed by atoms with E-state index in [1.165, 1.54) is 0 Å². The third kappa shape index (κ3) is 4.26. The average molecular weight is 475 g/mol. The summed E-state index contributed by atoms with van der Waals surface area (Å²) in [6.45, 7) is 5.61. The van der Waals surface area contributed by atoms with Crippen LogP contribution >= 0.6 is 11.6 Å². The number of ether oxygens (including phenoxy) is 1. The zero-order valence-electron chi connectivity index (χ0n) is 19.5. The van der Waals surface area contributed by atoms with E-state index < -0.39 is 11.1 Å². The molecule has 1 amide bonds. The summed E-state index contributed by atoms with van der Waals surface area (Å²) in [6, 6.07) is 21.9. The van der Waals surface area contributed by atoms with Gasteiger partial charge in [-0.05, 0) is 57.7 Å². The minimum absolute atomic E-state index is 0.383. The average Bonchev–Trinajstić information content (AvgIpc) is 3.14. The van der Waals surface area contributed by atoms with Crippen molar-refractivity contribution in [3.05, 3.63) is 77.4 Å². The Balaban J connectivity index is 1.52. The maximum Gasteiger partial charge on any atom is 0.408 e. The second kappa shape index (κ2) is 8.44. The first kappa shape index (κ1) is 22.4. The first-order valence-corrected chi connectivity index (χ1v) is 11.8. The van der Waals surface area contributed by atoms with Gasteiger partial charge in [-0.15, -0.1) is 0 Å². The van der Waals surface area contributed by atoms with Crippen LogP contribution in [0.2, 0.25) is 5.15 Å². The molecule has 4 aromatic rings. The van der Waals surface area contributed by atoms with Crippen molar-refractivity contribution in [2.24, 2.45) is 0 Å². The van der Waals surface area contributed by atoms with Gasteiger partial charge in [0.05, 0.1) is 11.2 Å². The van der Waals surface area contributed by atoms with Crippen LogP contribution in [0.25, 0.3) is 28.2 Å². The van der Waals surface area contributed by atoms with Gasteiger partial charge in [0.15, 0.2) is 5.65 Å². The maximum absolute atomic E-state index is 12.5. The van der Waals surface area contributed by atoms with Gasteiger partial charge in [0, 0.05) is 11.1 Å². The van der Waals surface area contributed by atoms with E-state index in [1.54, 1.807) is 10.6 Å². The lowest BCUT2D eigenvalue weighted by atomic mass is 9.71. The highest BCUT2D eigenvalue weighted by atomic mass is 35.5. The van der Waals surface area contributed by atoms with Crippen LogP contribution in [0.1, 0.15) is 45.6 Å². The molecule has 7 heteroatoms. The Labute approximate surface area is 203 Å². The number of benzene rings is 2. The number of hydrogen-bond acceptors (Lipinski definition) is 4. The molecule has 5 rings (SSSR count). The van der Waals surface area contributed by atoms with Crippen LogP contribution in [0.5, 0.6) is 0 Å². The van der Waals surface area contributed by atoms with Crippen LogP contribution in [-0.2, 0) is 10.3 Å². The number of carbonyl (C=O) groups excluding carboxylic acids is 1. The molecule has 1 N–H and O–H groups in total. The van der Waals surface area contributed by atoms with Crippen molar-refractivity contribution in [3.8, 4) is 22.5 Å². The molecule has 0 spiro atoms. The van der Waals surface area contributed by atoms with E-state index in [0.29, 0.717) is 5.15 Å². The normalized spacial score (nSPS) is 15.1. The molecule has 0 bridgehead atoms. The largest absolute Gasteiger partial charge is 0.444 e. The molecule has 1 aliphatic rings. The summed E-state index contributed by atoms with van der Waals surface area (Å²) in [5, 5.41) is 8.03. The molecule has 0 unspecified atom stereocenters. The highest BCUT2D eigenvalue weighted by Crippen LogP contribution is 2.42. The van der Waals surface area contributed by atoms with Gasteiger partial charge in [-0.3, -0.25) is 0 Å². The summed E-state index contributed by atoms with van der Waals surface area (Å²) in [4.78, 5) is 17.4. The fraction of sp³-hybridized carbons (Fsp3) is 0.296. The van der Waals surface area contributed by atoms with Crippen LogP contribution in [0.15, 0.2) is 66.7 Å². The van der Waals surface area contributed by atoms with Crippen LogP contribution in [0.4, 0.5) is 4.79 Å². The van der Waals surface area contributed by atoms with E-state index in [4.69, 9.17) is 21.3 Å². The minimum atomic E-state index is -0.535. The first-order chi connectivity index (χ1) is 16.2. The second-order valence-corrected chi connectivity index (χ2v) is 10.1. The smallest absolute Gasteiger partial charge is 0.408 e. The number of nitrogens with one attached hydrogen (secondary N) is 1. The van der Waals surface area contributed by atoms with Crippen molar-refractivity contribution in [1.29, 1.82) is 0 Å². The summed E-state index contributed by atoms with van der Waals surface area (Å²) in [5.74, 6) is 0. The van der Waals surface area contributed by atoms with Gasteiger partial charge in [-0.1, -0.05) is 66.2 Å². The van der Waals surface area contributed by atoms with Crippen molar-refractivity contribution >= 4 is 23.3 Å². The summed E-state index contributed by atoms with van der Waals surface area (Å²) < 4.78 is 7.30. The van der Waals surface area contributed by atoms with E-state index in [-0.39, 0.29) is 6.09 Å². The SMILES string of the molecule is CC(C)(C)OC(=O)NC1(c2ccc(-c3nc4ccc(Cl)nn4c3-c3ccccc3)cc2)CCC1. The number of hydrogen-bond donors (Lipinski definition) is 1. The lowest BCUT2D eigenvalue weighted by Gasteiger charge is -2.43. The Hall–Kier alpha value is -3.38. The van der Waals surface area contributed by atoms with Crippen LogP contribution in [0.3, 0.4) is 0 Å². The fourth-order valence-corrected chi connectivity index (χ4v) is 4.57. The first-order valence-electron chi connectivity index (χ1n) is 11.5. The maximum atomic E-state index is 12.5. The summed E-state index contributed by atoms with van der Waals surface area (Å²) >= 11 is 6.20. The van der Waals surface area contributed by atoms with Crippen LogP contribution in [0, 0.1) is 0 Å². The number of fused-ring (bicyclic) bond motifs is 1. The van der Waals surface area contributed by atoms with E-state index in [2.05, 4.69) is 34.7 Å². The van der Waals surface area contributed by atoms with Gasteiger partial charge in [0.1, 0.15) is 16.4 Å². The molecule has 2 heterocycles. The highest BCUT2D eigenvalue weighted by Gasteiger charge is 2.41. The molecule has 34 heavy (non-hydrogen) atoms. The third-order valence-electron chi connectivity index (χ3n) is 6.15. The summed E-state index contributed by atoms with van der Waals surface area (Å²) in [7, 11) is 0. The Morgan fingerprint density at radius 3 is 2.32 bits per heavy atom. The third-order valence-corrected chi connectivity index (χ3v) is 6.35. The molecule has 0 radical (unpaired) electrons. The molecule has 0 atom stereocenters. The monoisotopic (exact) mass is 474 g/mol. The summed E-state index contributed by atoms with van der Waals surface area (Å²) in [6.07, 6.45) is 2.45. The van der Waals surface area contributed by atoms with Crippen LogP contribution < -0.4 is 5.32 Å². The number of alkyl carbamates (subject to hydrolysis) is 1. The second-order valence-electron chi connectivity index (χ2n) is 9.74.